The summed E-state index contributed by atoms with van der Waals surface area (Å²) in [6, 6.07) is 43.8. The van der Waals surface area contributed by atoms with Crippen molar-refractivity contribution < 1.29 is 25.8 Å². The normalized spacial score (nSPS) is 11.3. The number of hydrogen-bond acceptors (Lipinski definition) is 5. The zero-order valence-electron chi connectivity index (χ0n) is 20.8. The molecular weight excluding hydrogens is 712 g/mol. The van der Waals surface area contributed by atoms with E-state index in [2.05, 4.69) is 84.9 Å². The first-order chi connectivity index (χ1) is 19.3. The van der Waals surface area contributed by atoms with Crippen molar-refractivity contribution in [3.63, 3.8) is 0 Å². The maximum Gasteiger partial charge on any atom is 2.00 e. The predicted octanol–water partition coefficient (Wildman–Crippen LogP) is 9.94. The van der Waals surface area contributed by atoms with Gasteiger partial charge in [-0.3, -0.25) is 9.97 Å². The molecule has 0 aliphatic carbocycles. The molecule has 0 bridgehead atoms. The van der Waals surface area contributed by atoms with Crippen LogP contribution in [0, 0.1) is 12.1 Å². The van der Waals surface area contributed by atoms with Crippen LogP contribution in [0.1, 0.15) is 0 Å². The first-order valence-electron chi connectivity index (χ1n) is 12.6. The number of nitrogens with zero attached hydrogens (tertiary/aromatic N) is 2. The molecule has 0 N–H and O–H groups in total. The number of hydrogen-bond donors (Lipinski definition) is 0. The van der Waals surface area contributed by atoms with Crippen molar-refractivity contribution in [3.05, 3.63) is 121 Å². The first kappa shape index (κ1) is 25.1. The molecule has 0 aliphatic rings. The molecule has 0 atom stereocenters. The Balaban J connectivity index is 0.00000264. The van der Waals surface area contributed by atoms with E-state index in [0.717, 1.165) is 22.5 Å². The summed E-state index contributed by atoms with van der Waals surface area (Å²) in [5, 5.41) is 4.95. The minimum atomic E-state index is 0. The fourth-order valence-electron chi connectivity index (χ4n) is 4.99. The van der Waals surface area contributed by atoms with Crippen LogP contribution in [0.3, 0.4) is 0 Å². The van der Waals surface area contributed by atoms with Crippen molar-refractivity contribution in [2.24, 2.45) is 0 Å². The van der Waals surface area contributed by atoms with Gasteiger partial charge in [-0.15, -0.1) is 47.5 Å². The van der Waals surface area contributed by atoms with Crippen LogP contribution in [-0.4, -0.2) is 9.97 Å². The predicted molar refractivity (Wildman–Crippen MR) is 163 cm³/mol. The van der Waals surface area contributed by atoms with Gasteiger partial charge >= 0.3 is 21.1 Å². The Labute approximate surface area is 253 Å². The molecule has 0 unspecified atom stereocenters. The molecule has 0 saturated carbocycles. The van der Waals surface area contributed by atoms with Gasteiger partial charge in [0, 0.05) is 9.40 Å². The molecule has 8 rings (SSSR count). The van der Waals surface area contributed by atoms with Crippen LogP contribution in [0.15, 0.2) is 109 Å². The monoisotopic (exact) mass is 729 g/mol. The molecule has 3 nitrogen and oxygen atoms in total. The second-order valence-electron chi connectivity index (χ2n) is 9.27. The minimum absolute atomic E-state index is 0. The molecule has 0 radical (unpaired) electrons. The van der Waals surface area contributed by atoms with Crippen LogP contribution >= 0.6 is 22.7 Å². The Hall–Kier alpha value is -3.89. The van der Waals surface area contributed by atoms with E-state index in [1.807, 2.05) is 36.4 Å². The molecule has 40 heavy (non-hydrogen) atoms. The number of fused-ring (bicyclic) bond motifs is 6. The topological polar surface area (TPSA) is 35.0 Å². The van der Waals surface area contributed by atoms with Crippen LogP contribution in [0.4, 0.5) is 0 Å². The maximum absolute atomic E-state index is 6.14. The third-order valence-corrected chi connectivity index (χ3v) is 9.10. The zero-order valence-corrected chi connectivity index (χ0v) is 24.7. The van der Waals surface area contributed by atoms with E-state index in [9.17, 15) is 0 Å². The fraction of sp³-hybridized carbons (Fsp3) is 0. The van der Waals surface area contributed by atoms with E-state index in [1.54, 1.807) is 22.7 Å². The molecule has 4 aromatic carbocycles. The van der Waals surface area contributed by atoms with Gasteiger partial charge < -0.3 is 4.74 Å². The van der Waals surface area contributed by atoms with Crippen LogP contribution < -0.4 is 4.74 Å². The molecule has 4 heterocycles. The molecule has 0 aliphatic heterocycles. The number of thiophene rings is 2. The molecule has 6 heteroatoms. The van der Waals surface area contributed by atoms with Gasteiger partial charge in [0.05, 0.1) is 0 Å². The third kappa shape index (κ3) is 4.41. The number of ether oxygens (including phenoxy) is 1. The summed E-state index contributed by atoms with van der Waals surface area (Å²) >= 11 is 3.57. The van der Waals surface area contributed by atoms with Crippen molar-refractivity contribution in [2.45, 2.75) is 0 Å². The first-order valence-corrected chi connectivity index (χ1v) is 14.2. The van der Waals surface area contributed by atoms with E-state index >= 15 is 0 Å². The van der Waals surface area contributed by atoms with Gasteiger partial charge in [0.1, 0.15) is 0 Å². The summed E-state index contributed by atoms with van der Waals surface area (Å²) in [7, 11) is 0. The van der Waals surface area contributed by atoms with E-state index in [1.165, 1.54) is 40.3 Å². The smallest absolute Gasteiger partial charge is 0.422 e. The summed E-state index contributed by atoms with van der Waals surface area (Å²) < 4.78 is 11.1. The van der Waals surface area contributed by atoms with Crippen molar-refractivity contribution in [3.8, 4) is 34.3 Å². The number of pyridine rings is 2. The molecule has 192 valence electrons. The van der Waals surface area contributed by atoms with Gasteiger partial charge in [-0.25, -0.2) is 0 Å². The summed E-state index contributed by atoms with van der Waals surface area (Å²) in [6.45, 7) is 0. The molecule has 0 saturated heterocycles. The van der Waals surface area contributed by atoms with Crippen LogP contribution in [0.2, 0.25) is 0 Å². The second-order valence-corrected chi connectivity index (χ2v) is 11.4. The minimum Gasteiger partial charge on any atom is -0.422 e. The van der Waals surface area contributed by atoms with Gasteiger partial charge in [0.2, 0.25) is 11.8 Å². The SMILES string of the molecule is [Pt+2].[c-]1cc2sc3ccccc3c2cc1-c1cccc(Oc2cccc(-c3[c-]cc4sc5ccccc5c4c3)n2)n1. The zero-order chi connectivity index (χ0) is 25.8. The van der Waals surface area contributed by atoms with E-state index in [4.69, 9.17) is 14.7 Å². The van der Waals surface area contributed by atoms with E-state index in [0.29, 0.717) is 11.8 Å². The van der Waals surface area contributed by atoms with Gasteiger partial charge in [-0.05, 0) is 55.8 Å². The average Bonchev–Trinajstić information content (AvgIpc) is 3.55. The Morgan fingerprint density at radius 2 is 0.975 bits per heavy atom. The molecule has 4 aromatic heterocycles. The van der Waals surface area contributed by atoms with E-state index in [-0.39, 0.29) is 21.1 Å². The molecule has 8 aromatic rings. The van der Waals surface area contributed by atoms with Crippen molar-refractivity contribution in [1.82, 2.24) is 9.97 Å². The quantitative estimate of drug-likeness (QED) is 0.169. The summed E-state index contributed by atoms with van der Waals surface area (Å²) in [5.74, 6) is 0.980. The molecule has 0 spiro atoms. The number of rotatable bonds is 4. The fourth-order valence-corrected chi connectivity index (χ4v) is 7.12. The number of aromatic nitrogens is 2. The largest absolute Gasteiger partial charge is 2.00 e. The van der Waals surface area contributed by atoms with Gasteiger partial charge in [0.15, 0.2) is 0 Å². The van der Waals surface area contributed by atoms with Crippen molar-refractivity contribution >= 4 is 63.0 Å². The van der Waals surface area contributed by atoms with Crippen molar-refractivity contribution in [2.75, 3.05) is 0 Å². The van der Waals surface area contributed by atoms with Gasteiger partial charge in [0.25, 0.3) is 0 Å². The Bertz CT molecular complexity index is 2030. The summed E-state index contributed by atoms with van der Waals surface area (Å²) in [6.07, 6.45) is 0. The maximum atomic E-state index is 6.14. The Kier molecular flexibility index (Phi) is 6.44. The van der Waals surface area contributed by atoms with Gasteiger partial charge in [-0.2, -0.15) is 22.7 Å². The third-order valence-electron chi connectivity index (χ3n) is 6.83. The van der Waals surface area contributed by atoms with Crippen LogP contribution in [-0.2, 0) is 21.1 Å². The molecular formula is C34H18N2OPtS2. The second kappa shape index (κ2) is 10.3. The van der Waals surface area contributed by atoms with Crippen LogP contribution in [0.25, 0.3) is 62.9 Å². The Morgan fingerprint density at radius 1 is 0.500 bits per heavy atom. The standard InChI is InChI=1S/C34H18N2OS2.Pt/c1-3-11-29-23(7-1)25-19-21(15-17-31(25)38-29)27-9-5-13-33(35-27)37-34-14-6-10-28(36-34)22-16-18-32-26(20-22)24-8-2-4-12-30(24)39-32;/h1-14,17-20H;/q-2;+2. The number of benzene rings is 4. The molecule has 0 amide bonds. The summed E-state index contributed by atoms with van der Waals surface area (Å²) in [5.41, 5.74) is 3.49. The molecule has 0 fully saturated rings. The average molecular weight is 730 g/mol. The van der Waals surface area contributed by atoms with Gasteiger partial charge in [-0.1, -0.05) is 71.4 Å². The van der Waals surface area contributed by atoms with Crippen molar-refractivity contribution in [1.29, 1.82) is 0 Å². The summed E-state index contributed by atoms with van der Waals surface area (Å²) in [4.78, 5) is 9.57. The van der Waals surface area contributed by atoms with E-state index < -0.39 is 0 Å². The Morgan fingerprint density at radius 3 is 1.48 bits per heavy atom. The van der Waals surface area contributed by atoms with Crippen LogP contribution in [0.5, 0.6) is 11.8 Å².